The number of furan rings is 1. The highest BCUT2D eigenvalue weighted by Crippen LogP contribution is 2.24. The van der Waals surface area contributed by atoms with Gasteiger partial charge in [0.25, 0.3) is 5.91 Å². The number of H-pyrrole nitrogens is 1. The van der Waals surface area contributed by atoms with Gasteiger partial charge in [-0.3, -0.25) is 9.69 Å². The maximum absolute atomic E-state index is 12.8. The predicted molar refractivity (Wildman–Crippen MR) is 131 cm³/mol. The van der Waals surface area contributed by atoms with Gasteiger partial charge in [0.15, 0.2) is 0 Å². The number of para-hydroxylation sites is 1. The molecule has 0 spiro atoms. The van der Waals surface area contributed by atoms with Gasteiger partial charge in [0.1, 0.15) is 11.9 Å². The van der Waals surface area contributed by atoms with Crippen molar-refractivity contribution < 1.29 is 13.9 Å². The van der Waals surface area contributed by atoms with Gasteiger partial charge in [-0.25, -0.2) is 0 Å². The number of aromatic nitrogens is 1. The van der Waals surface area contributed by atoms with E-state index in [4.69, 9.17) is 9.15 Å². The average Bonchev–Trinajstić information content (AvgIpc) is 3.40. The zero-order valence-corrected chi connectivity index (χ0v) is 19.6. The normalized spacial score (nSPS) is 12.3. The number of nitrogens with zero attached hydrogens (tertiary/aromatic N) is 1. The summed E-state index contributed by atoms with van der Waals surface area (Å²) in [4.78, 5) is 18.4. The largest absolute Gasteiger partial charge is 0.489 e. The quantitative estimate of drug-likeness (QED) is 0.371. The summed E-state index contributed by atoms with van der Waals surface area (Å²) in [6.07, 6.45) is 3.29. The molecular formula is C27H31N3O3. The van der Waals surface area contributed by atoms with Crippen LogP contribution in [0.4, 0.5) is 0 Å². The molecular weight excluding hydrogens is 414 g/mol. The second-order valence-electron chi connectivity index (χ2n) is 8.69. The van der Waals surface area contributed by atoms with E-state index in [1.54, 1.807) is 12.5 Å². The SMILES string of the molecule is Cc1[nH]c2c(C(=O)NC[C@@H](C)Oc3cccc(CN(C)Cc4ccoc4)c3)cccc2c1C. The summed E-state index contributed by atoms with van der Waals surface area (Å²) in [7, 11) is 2.08. The van der Waals surface area contributed by atoms with E-state index in [1.165, 1.54) is 11.1 Å². The van der Waals surface area contributed by atoms with Crippen LogP contribution in [0.1, 0.15) is 39.7 Å². The Bertz CT molecular complexity index is 1230. The van der Waals surface area contributed by atoms with Crippen LogP contribution >= 0.6 is 0 Å². The van der Waals surface area contributed by atoms with Crippen molar-refractivity contribution in [2.24, 2.45) is 0 Å². The van der Waals surface area contributed by atoms with Crippen molar-refractivity contribution >= 4 is 16.8 Å². The van der Waals surface area contributed by atoms with Gasteiger partial charge in [-0.1, -0.05) is 24.3 Å². The number of amides is 1. The number of nitrogens with one attached hydrogen (secondary N) is 2. The predicted octanol–water partition coefficient (Wildman–Crippen LogP) is 5.21. The highest BCUT2D eigenvalue weighted by molar-refractivity contribution is 6.06. The summed E-state index contributed by atoms with van der Waals surface area (Å²) in [5.41, 5.74) is 6.10. The standard InChI is InChI=1S/C27H31N3O3/c1-18(14-28-27(31)25-10-6-9-24-19(2)20(3)29-26(24)25)33-23-8-5-7-21(13-23)15-30(4)16-22-11-12-32-17-22/h5-13,17-18,29H,14-16H2,1-4H3,(H,28,31)/t18-/m1/s1. The van der Waals surface area contributed by atoms with Crippen molar-refractivity contribution in [3.8, 4) is 5.75 Å². The van der Waals surface area contributed by atoms with Gasteiger partial charge in [0.2, 0.25) is 0 Å². The molecule has 0 saturated carbocycles. The van der Waals surface area contributed by atoms with Crippen LogP contribution in [0.2, 0.25) is 0 Å². The van der Waals surface area contributed by atoms with E-state index in [1.807, 2.05) is 50.2 Å². The number of ether oxygens (including phenoxy) is 1. The molecule has 6 heteroatoms. The van der Waals surface area contributed by atoms with Crippen molar-refractivity contribution in [1.82, 2.24) is 15.2 Å². The number of aryl methyl sites for hydroxylation is 2. The minimum Gasteiger partial charge on any atom is -0.489 e. The number of hydrogen-bond donors (Lipinski definition) is 2. The number of aromatic amines is 1. The van der Waals surface area contributed by atoms with Crippen molar-refractivity contribution in [3.63, 3.8) is 0 Å². The fourth-order valence-corrected chi connectivity index (χ4v) is 4.06. The third-order valence-corrected chi connectivity index (χ3v) is 5.86. The highest BCUT2D eigenvalue weighted by atomic mass is 16.5. The van der Waals surface area contributed by atoms with E-state index in [0.717, 1.165) is 41.0 Å². The molecule has 33 heavy (non-hydrogen) atoms. The minimum atomic E-state index is -0.167. The van der Waals surface area contributed by atoms with Crippen molar-refractivity contribution in [1.29, 1.82) is 0 Å². The molecule has 1 atom stereocenters. The Kier molecular flexibility index (Phi) is 6.84. The molecule has 0 aliphatic heterocycles. The maximum Gasteiger partial charge on any atom is 0.253 e. The Morgan fingerprint density at radius 1 is 1.12 bits per heavy atom. The van der Waals surface area contributed by atoms with Crippen LogP contribution in [0.3, 0.4) is 0 Å². The molecule has 0 aliphatic rings. The second-order valence-corrected chi connectivity index (χ2v) is 8.69. The molecule has 0 saturated heterocycles. The number of rotatable bonds is 9. The Balaban J connectivity index is 1.33. The lowest BCUT2D eigenvalue weighted by molar-refractivity contribution is 0.0933. The third-order valence-electron chi connectivity index (χ3n) is 5.86. The van der Waals surface area contributed by atoms with Gasteiger partial charge in [-0.15, -0.1) is 0 Å². The van der Waals surface area contributed by atoms with Crippen LogP contribution in [-0.2, 0) is 13.1 Å². The van der Waals surface area contributed by atoms with E-state index in [2.05, 4.69) is 41.3 Å². The lowest BCUT2D eigenvalue weighted by atomic mass is 10.1. The van der Waals surface area contributed by atoms with E-state index in [9.17, 15) is 4.79 Å². The van der Waals surface area contributed by atoms with Crippen LogP contribution in [0.5, 0.6) is 5.75 Å². The maximum atomic E-state index is 12.8. The molecule has 2 aromatic heterocycles. The first kappa shape index (κ1) is 22.7. The lowest BCUT2D eigenvalue weighted by Gasteiger charge is -2.18. The number of carbonyl (C=O) groups excluding carboxylic acids is 1. The Hall–Kier alpha value is -3.51. The molecule has 172 valence electrons. The molecule has 1 amide bonds. The van der Waals surface area contributed by atoms with Gasteiger partial charge >= 0.3 is 0 Å². The Morgan fingerprint density at radius 3 is 2.70 bits per heavy atom. The Labute approximate surface area is 194 Å². The summed E-state index contributed by atoms with van der Waals surface area (Å²) in [6, 6.07) is 15.9. The topological polar surface area (TPSA) is 70.5 Å². The van der Waals surface area contributed by atoms with Crippen molar-refractivity contribution in [3.05, 3.63) is 89.0 Å². The monoisotopic (exact) mass is 445 g/mol. The molecule has 4 rings (SSSR count). The zero-order valence-electron chi connectivity index (χ0n) is 19.6. The summed E-state index contributed by atoms with van der Waals surface area (Å²) < 4.78 is 11.2. The molecule has 6 nitrogen and oxygen atoms in total. The van der Waals surface area contributed by atoms with Gasteiger partial charge in [-0.2, -0.15) is 0 Å². The molecule has 0 fully saturated rings. The second kappa shape index (κ2) is 9.96. The fraction of sp³-hybridized carbons (Fsp3) is 0.296. The van der Waals surface area contributed by atoms with E-state index in [0.29, 0.717) is 12.1 Å². The molecule has 4 aromatic rings. The van der Waals surface area contributed by atoms with Crippen LogP contribution in [-0.4, -0.2) is 35.5 Å². The first-order valence-electron chi connectivity index (χ1n) is 11.2. The first-order chi connectivity index (χ1) is 15.9. The molecule has 0 radical (unpaired) electrons. The summed E-state index contributed by atoms with van der Waals surface area (Å²) >= 11 is 0. The van der Waals surface area contributed by atoms with Crippen LogP contribution in [0, 0.1) is 13.8 Å². The zero-order chi connectivity index (χ0) is 23.4. The van der Waals surface area contributed by atoms with Crippen molar-refractivity contribution in [2.75, 3.05) is 13.6 Å². The molecule has 2 aromatic carbocycles. The number of fused-ring (bicyclic) bond motifs is 1. The molecule has 2 N–H and O–H groups in total. The smallest absolute Gasteiger partial charge is 0.253 e. The van der Waals surface area contributed by atoms with Gasteiger partial charge in [0.05, 0.1) is 30.2 Å². The molecule has 0 aliphatic carbocycles. The van der Waals surface area contributed by atoms with Gasteiger partial charge in [0, 0.05) is 29.7 Å². The molecule has 0 unspecified atom stereocenters. The summed E-state index contributed by atoms with van der Waals surface area (Å²) in [6.45, 7) is 8.08. The van der Waals surface area contributed by atoms with Crippen LogP contribution in [0.25, 0.3) is 10.9 Å². The Morgan fingerprint density at radius 2 is 1.91 bits per heavy atom. The van der Waals surface area contributed by atoms with E-state index >= 15 is 0 Å². The van der Waals surface area contributed by atoms with E-state index in [-0.39, 0.29) is 12.0 Å². The van der Waals surface area contributed by atoms with E-state index < -0.39 is 0 Å². The minimum absolute atomic E-state index is 0.105. The van der Waals surface area contributed by atoms with Crippen LogP contribution in [0.15, 0.2) is 65.5 Å². The highest BCUT2D eigenvalue weighted by Gasteiger charge is 2.15. The number of benzene rings is 2. The number of hydrogen-bond acceptors (Lipinski definition) is 4. The molecule has 2 heterocycles. The van der Waals surface area contributed by atoms with Crippen LogP contribution < -0.4 is 10.1 Å². The number of carbonyl (C=O) groups is 1. The summed E-state index contributed by atoms with van der Waals surface area (Å²) in [5.74, 6) is 0.690. The third kappa shape index (κ3) is 5.46. The van der Waals surface area contributed by atoms with Crippen molar-refractivity contribution in [2.45, 2.75) is 40.0 Å². The summed E-state index contributed by atoms with van der Waals surface area (Å²) in [5, 5.41) is 4.09. The van der Waals surface area contributed by atoms with Gasteiger partial charge in [-0.05, 0) is 63.2 Å². The first-order valence-corrected chi connectivity index (χ1v) is 11.2. The fourth-order valence-electron chi connectivity index (χ4n) is 4.06. The average molecular weight is 446 g/mol. The molecule has 0 bridgehead atoms. The lowest BCUT2D eigenvalue weighted by Crippen LogP contribution is -2.33. The van der Waals surface area contributed by atoms with Gasteiger partial charge < -0.3 is 19.5 Å².